The van der Waals surface area contributed by atoms with E-state index in [2.05, 4.69) is 0 Å². The Morgan fingerprint density at radius 1 is 1.15 bits per heavy atom. The van der Waals surface area contributed by atoms with E-state index in [1.54, 1.807) is 11.3 Å². The van der Waals surface area contributed by atoms with Crippen molar-refractivity contribution < 1.29 is 17.9 Å². The predicted molar refractivity (Wildman–Crippen MR) is 72.9 cm³/mol. The summed E-state index contributed by atoms with van der Waals surface area (Å²) in [7, 11) is 0. The molecule has 2 aromatic rings. The molecule has 6 heteroatoms. The molecular formula is C14H14F3NOS. The minimum atomic E-state index is -4.42. The molecule has 2 N–H and O–H groups in total. The molecule has 1 unspecified atom stereocenters. The van der Waals surface area contributed by atoms with Crippen LogP contribution in [0, 0.1) is 0 Å². The van der Waals surface area contributed by atoms with Crippen LogP contribution in [-0.2, 0) is 12.6 Å². The predicted octanol–water partition coefficient (Wildman–Crippen LogP) is 3.72. The minimum absolute atomic E-state index is 0.0466. The number of benzene rings is 1. The monoisotopic (exact) mass is 301 g/mol. The van der Waals surface area contributed by atoms with Crippen molar-refractivity contribution in [3.8, 4) is 5.75 Å². The molecule has 0 saturated carbocycles. The zero-order valence-corrected chi connectivity index (χ0v) is 11.4. The van der Waals surface area contributed by atoms with E-state index in [9.17, 15) is 13.2 Å². The van der Waals surface area contributed by atoms with Gasteiger partial charge in [0.1, 0.15) is 12.4 Å². The number of para-hydroxylation sites is 1. The zero-order chi connectivity index (χ0) is 14.6. The molecule has 0 radical (unpaired) electrons. The summed E-state index contributed by atoms with van der Waals surface area (Å²) in [6, 6.07) is 8.66. The first-order chi connectivity index (χ1) is 9.47. The van der Waals surface area contributed by atoms with E-state index < -0.39 is 11.7 Å². The number of ether oxygens (including phenoxy) is 1. The second-order valence-electron chi connectivity index (χ2n) is 4.35. The maximum absolute atomic E-state index is 12.8. The van der Waals surface area contributed by atoms with E-state index in [-0.39, 0.29) is 18.4 Å². The van der Waals surface area contributed by atoms with E-state index >= 15 is 0 Å². The first-order valence-electron chi connectivity index (χ1n) is 6.04. The molecule has 0 aliphatic carbocycles. The van der Waals surface area contributed by atoms with Gasteiger partial charge < -0.3 is 10.5 Å². The lowest BCUT2D eigenvalue weighted by Crippen LogP contribution is -2.30. The smallest absolute Gasteiger partial charge is 0.419 e. The number of thiophene rings is 1. The van der Waals surface area contributed by atoms with E-state index in [4.69, 9.17) is 10.5 Å². The first kappa shape index (κ1) is 14.9. The average molecular weight is 301 g/mol. The molecule has 108 valence electrons. The van der Waals surface area contributed by atoms with Crippen molar-refractivity contribution in [3.05, 3.63) is 52.2 Å². The van der Waals surface area contributed by atoms with Gasteiger partial charge in [-0.15, -0.1) is 11.3 Å². The highest BCUT2D eigenvalue weighted by Gasteiger charge is 2.34. The molecule has 20 heavy (non-hydrogen) atoms. The van der Waals surface area contributed by atoms with Gasteiger partial charge in [0.15, 0.2) is 0 Å². The topological polar surface area (TPSA) is 35.2 Å². The van der Waals surface area contributed by atoms with Crippen LogP contribution in [-0.4, -0.2) is 12.6 Å². The van der Waals surface area contributed by atoms with Crippen LogP contribution >= 0.6 is 11.3 Å². The van der Waals surface area contributed by atoms with Crippen LogP contribution in [0.15, 0.2) is 41.8 Å². The number of halogens is 3. The fourth-order valence-corrected chi connectivity index (χ4v) is 2.57. The Labute approximate surface area is 119 Å². The van der Waals surface area contributed by atoms with Crippen molar-refractivity contribution in [2.45, 2.75) is 18.6 Å². The summed E-state index contributed by atoms with van der Waals surface area (Å²) in [6.07, 6.45) is -3.83. The van der Waals surface area contributed by atoms with Crippen molar-refractivity contribution in [2.75, 3.05) is 6.61 Å². The highest BCUT2D eigenvalue weighted by atomic mass is 32.1. The molecule has 0 aliphatic heterocycles. The normalized spacial score (nSPS) is 13.2. The molecule has 1 atom stereocenters. The van der Waals surface area contributed by atoms with Crippen LogP contribution in [0.1, 0.15) is 10.4 Å². The third kappa shape index (κ3) is 3.98. The summed E-state index contributed by atoms with van der Waals surface area (Å²) in [4.78, 5) is 1.09. The van der Waals surface area contributed by atoms with Crippen molar-refractivity contribution in [1.29, 1.82) is 0 Å². The number of rotatable bonds is 5. The van der Waals surface area contributed by atoms with Crippen LogP contribution in [0.3, 0.4) is 0 Å². The SMILES string of the molecule is NC(COc1ccccc1C(F)(F)F)Cc1cccs1. The van der Waals surface area contributed by atoms with Crippen molar-refractivity contribution in [1.82, 2.24) is 0 Å². The van der Waals surface area contributed by atoms with Crippen molar-refractivity contribution >= 4 is 11.3 Å². The van der Waals surface area contributed by atoms with Gasteiger partial charge in [0.25, 0.3) is 0 Å². The fraction of sp³-hybridized carbons (Fsp3) is 0.286. The van der Waals surface area contributed by atoms with Gasteiger partial charge in [-0.25, -0.2) is 0 Å². The third-order valence-electron chi connectivity index (χ3n) is 2.69. The maximum Gasteiger partial charge on any atom is 0.419 e. The van der Waals surface area contributed by atoms with Crippen LogP contribution < -0.4 is 10.5 Å². The molecule has 0 bridgehead atoms. The Morgan fingerprint density at radius 2 is 1.90 bits per heavy atom. The summed E-state index contributed by atoms with van der Waals surface area (Å²) in [5.41, 5.74) is 5.10. The van der Waals surface area contributed by atoms with Gasteiger partial charge in [-0.2, -0.15) is 13.2 Å². The number of nitrogens with two attached hydrogens (primary N) is 1. The molecule has 1 aromatic heterocycles. The Hall–Kier alpha value is -1.53. The van der Waals surface area contributed by atoms with Crippen LogP contribution in [0.2, 0.25) is 0 Å². The molecule has 0 saturated heterocycles. The quantitative estimate of drug-likeness (QED) is 0.913. The van der Waals surface area contributed by atoms with Crippen molar-refractivity contribution in [3.63, 3.8) is 0 Å². The average Bonchev–Trinajstić information content (AvgIpc) is 2.88. The van der Waals surface area contributed by atoms with E-state index in [0.717, 1.165) is 10.9 Å². The zero-order valence-electron chi connectivity index (χ0n) is 10.6. The lowest BCUT2D eigenvalue weighted by Gasteiger charge is -2.16. The molecular weight excluding hydrogens is 287 g/mol. The minimum Gasteiger partial charge on any atom is -0.491 e. The number of hydrogen-bond acceptors (Lipinski definition) is 3. The number of alkyl halides is 3. The van der Waals surface area contributed by atoms with Gasteiger partial charge in [0.05, 0.1) is 5.56 Å². The van der Waals surface area contributed by atoms with Gasteiger partial charge in [0, 0.05) is 17.3 Å². The molecule has 2 nitrogen and oxygen atoms in total. The summed E-state index contributed by atoms with van der Waals surface area (Å²) in [6.45, 7) is 0.0466. The second-order valence-corrected chi connectivity index (χ2v) is 5.38. The highest BCUT2D eigenvalue weighted by Crippen LogP contribution is 2.35. The standard InChI is InChI=1S/C14H14F3NOS/c15-14(16,17)12-5-1-2-6-13(12)19-9-10(18)8-11-4-3-7-20-11/h1-7,10H,8-9,18H2. The molecule has 0 amide bonds. The van der Waals surface area contributed by atoms with Gasteiger partial charge in [-0.05, 0) is 23.6 Å². The van der Waals surface area contributed by atoms with Gasteiger partial charge >= 0.3 is 6.18 Å². The van der Waals surface area contributed by atoms with Crippen LogP contribution in [0.25, 0.3) is 0 Å². The van der Waals surface area contributed by atoms with Crippen LogP contribution in [0.4, 0.5) is 13.2 Å². The summed E-state index contributed by atoms with van der Waals surface area (Å²) < 4.78 is 43.5. The Bertz CT molecular complexity index is 540. The molecule has 0 spiro atoms. The van der Waals surface area contributed by atoms with E-state index in [1.807, 2.05) is 17.5 Å². The summed E-state index contributed by atoms with van der Waals surface area (Å²) in [5, 5.41) is 1.93. The molecule has 1 heterocycles. The van der Waals surface area contributed by atoms with Crippen molar-refractivity contribution in [2.24, 2.45) is 5.73 Å². The summed E-state index contributed by atoms with van der Waals surface area (Å²) in [5.74, 6) is -0.179. The van der Waals surface area contributed by atoms with E-state index in [1.165, 1.54) is 18.2 Å². The molecule has 1 aromatic carbocycles. The van der Waals surface area contributed by atoms with Gasteiger partial charge in [-0.1, -0.05) is 18.2 Å². The largest absolute Gasteiger partial charge is 0.491 e. The lowest BCUT2D eigenvalue weighted by molar-refractivity contribution is -0.139. The molecule has 0 fully saturated rings. The Balaban J connectivity index is 1.97. The Morgan fingerprint density at radius 3 is 2.55 bits per heavy atom. The Kier molecular flexibility index (Phi) is 4.67. The molecule has 0 aliphatic rings. The molecule has 2 rings (SSSR count). The number of hydrogen-bond donors (Lipinski definition) is 1. The summed E-state index contributed by atoms with van der Waals surface area (Å²) >= 11 is 1.56. The van der Waals surface area contributed by atoms with Gasteiger partial charge in [0.2, 0.25) is 0 Å². The highest BCUT2D eigenvalue weighted by molar-refractivity contribution is 7.09. The maximum atomic E-state index is 12.8. The van der Waals surface area contributed by atoms with Crippen LogP contribution in [0.5, 0.6) is 5.75 Å². The van der Waals surface area contributed by atoms with E-state index in [0.29, 0.717) is 6.42 Å². The van der Waals surface area contributed by atoms with Gasteiger partial charge in [-0.3, -0.25) is 0 Å². The second kappa shape index (κ2) is 6.28. The third-order valence-corrected chi connectivity index (χ3v) is 3.59. The fourth-order valence-electron chi connectivity index (χ4n) is 1.77. The lowest BCUT2D eigenvalue weighted by atomic mass is 10.2. The first-order valence-corrected chi connectivity index (χ1v) is 6.92.